The molecule has 4 rings (SSSR count). The lowest BCUT2D eigenvalue weighted by molar-refractivity contribution is -0.142. The third kappa shape index (κ3) is 7.50. The maximum absolute atomic E-state index is 13.8. The second kappa shape index (κ2) is 13.1. The molecule has 7 heteroatoms. The van der Waals surface area contributed by atoms with E-state index < -0.39 is 35.1 Å². The number of fused-ring (bicyclic) bond motifs is 1. The molecule has 0 radical (unpaired) electrons. The molecule has 3 saturated carbocycles. The lowest BCUT2D eigenvalue weighted by atomic mass is 9.60. The summed E-state index contributed by atoms with van der Waals surface area (Å²) < 4.78 is 71.1. The number of hydrogen-bond acceptors (Lipinski definition) is 2. The van der Waals surface area contributed by atoms with Crippen LogP contribution < -0.4 is 4.74 Å². The Kier molecular flexibility index (Phi) is 10.1. The van der Waals surface area contributed by atoms with Crippen LogP contribution in [0.1, 0.15) is 115 Å². The molecule has 0 bridgehead atoms. The number of rotatable bonds is 9. The summed E-state index contributed by atoms with van der Waals surface area (Å²) in [7, 11) is 0. The van der Waals surface area contributed by atoms with Crippen LogP contribution >= 0.6 is 0 Å². The number of benzene rings is 1. The average molecular weight is 543 g/mol. The van der Waals surface area contributed by atoms with Crippen molar-refractivity contribution in [2.24, 2.45) is 35.5 Å². The minimum absolute atomic E-state index is 0.385. The van der Waals surface area contributed by atoms with E-state index >= 15 is 0 Å². The van der Waals surface area contributed by atoms with E-state index in [2.05, 4.69) is 6.92 Å². The summed E-state index contributed by atoms with van der Waals surface area (Å²) >= 11 is 0. The van der Waals surface area contributed by atoms with E-state index in [1.54, 1.807) is 0 Å². The Morgan fingerprint density at radius 1 is 0.789 bits per heavy atom. The summed E-state index contributed by atoms with van der Waals surface area (Å²) in [5.74, 6) is -1.12. The molecule has 4 unspecified atom stereocenters. The van der Waals surface area contributed by atoms with Crippen molar-refractivity contribution in [3.8, 4) is 5.75 Å². The standard InChI is InChI=1S/C31H43F5O2/c1-2-3-4-5-6-7-20-8-9-25-17-24(15-14-23(25)16-20)21-10-12-22(13-11-21)30(37)38-26-18-27(32)29(28(33)19-26)31(34,35)36/h18-25H,2-17H2,1H3. The molecule has 1 aromatic rings. The van der Waals surface area contributed by atoms with E-state index in [0.717, 1.165) is 30.6 Å². The highest BCUT2D eigenvalue weighted by Gasteiger charge is 2.40. The quantitative estimate of drug-likeness (QED) is 0.134. The molecule has 0 spiro atoms. The average Bonchev–Trinajstić information content (AvgIpc) is 2.87. The summed E-state index contributed by atoms with van der Waals surface area (Å²) in [6.07, 6.45) is 14.3. The monoisotopic (exact) mass is 542 g/mol. The molecular weight excluding hydrogens is 499 g/mol. The number of carbonyl (C=O) groups excluding carboxylic acids is 1. The molecule has 0 aromatic heterocycles. The van der Waals surface area contributed by atoms with Crippen LogP contribution in [0.15, 0.2) is 12.1 Å². The SMILES string of the molecule is CCCCCCCC1CCC2CC(C3CCC(C(=O)Oc4cc(F)c(C(F)(F)F)c(F)c4)CC3)CCC2C1. The van der Waals surface area contributed by atoms with Gasteiger partial charge in [-0.1, -0.05) is 51.9 Å². The smallest absolute Gasteiger partial charge is 0.422 e. The number of carbonyl (C=O) groups is 1. The molecule has 0 saturated heterocycles. The minimum Gasteiger partial charge on any atom is -0.426 e. The molecule has 3 aliphatic rings. The van der Waals surface area contributed by atoms with Crippen LogP contribution in [-0.2, 0) is 11.0 Å². The lowest BCUT2D eigenvalue weighted by Crippen LogP contribution is -2.35. The van der Waals surface area contributed by atoms with E-state index in [1.165, 1.54) is 77.0 Å². The number of ether oxygens (including phenoxy) is 1. The summed E-state index contributed by atoms with van der Waals surface area (Å²) in [6.45, 7) is 2.26. The predicted molar refractivity (Wildman–Crippen MR) is 137 cm³/mol. The van der Waals surface area contributed by atoms with Crippen molar-refractivity contribution in [3.05, 3.63) is 29.3 Å². The third-order valence-electron chi connectivity index (χ3n) is 9.77. The zero-order valence-corrected chi connectivity index (χ0v) is 22.6. The zero-order chi connectivity index (χ0) is 27.3. The van der Waals surface area contributed by atoms with Gasteiger partial charge in [0, 0.05) is 12.1 Å². The molecule has 3 fully saturated rings. The van der Waals surface area contributed by atoms with E-state index in [0.29, 0.717) is 36.8 Å². The fourth-order valence-corrected chi connectivity index (χ4v) is 7.65. The minimum atomic E-state index is -5.15. The molecule has 0 N–H and O–H groups in total. The van der Waals surface area contributed by atoms with Crippen molar-refractivity contribution in [3.63, 3.8) is 0 Å². The van der Waals surface area contributed by atoms with E-state index in [9.17, 15) is 26.7 Å². The van der Waals surface area contributed by atoms with Gasteiger partial charge in [0.15, 0.2) is 0 Å². The Morgan fingerprint density at radius 3 is 1.97 bits per heavy atom. The molecule has 1 aromatic carbocycles. The van der Waals surface area contributed by atoms with Crippen molar-refractivity contribution in [1.29, 1.82) is 0 Å². The lowest BCUT2D eigenvalue weighted by Gasteiger charge is -2.45. The van der Waals surface area contributed by atoms with Gasteiger partial charge in [0.1, 0.15) is 22.9 Å². The van der Waals surface area contributed by atoms with Crippen LogP contribution in [0, 0.1) is 47.1 Å². The second-order valence-electron chi connectivity index (χ2n) is 12.3. The molecule has 0 heterocycles. The number of hydrogen-bond donors (Lipinski definition) is 0. The molecule has 214 valence electrons. The van der Waals surface area contributed by atoms with Gasteiger partial charge in [-0.3, -0.25) is 4.79 Å². The maximum atomic E-state index is 13.8. The molecule has 3 aliphatic carbocycles. The molecule has 0 amide bonds. The summed E-state index contributed by atoms with van der Waals surface area (Å²) in [4.78, 5) is 12.6. The molecular formula is C31H43F5O2. The highest BCUT2D eigenvalue weighted by atomic mass is 19.4. The number of alkyl halides is 3. The number of unbranched alkanes of at least 4 members (excludes halogenated alkanes) is 4. The van der Waals surface area contributed by atoms with Crippen LogP contribution in [-0.4, -0.2) is 5.97 Å². The highest BCUT2D eigenvalue weighted by molar-refractivity contribution is 5.75. The third-order valence-corrected chi connectivity index (χ3v) is 9.77. The van der Waals surface area contributed by atoms with Gasteiger partial charge in [0.25, 0.3) is 0 Å². The van der Waals surface area contributed by atoms with Crippen LogP contribution in [0.2, 0.25) is 0 Å². The van der Waals surface area contributed by atoms with Crippen molar-refractivity contribution in [1.82, 2.24) is 0 Å². The molecule has 38 heavy (non-hydrogen) atoms. The molecule has 2 nitrogen and oxygen atoms in total. The van der Waals surface area contributed by atoms with E-state index in [-0.39, 0.29) is 5.92 Å². The van der Waals surface area contributed by atoms with E-state index in [1.807, 2.05) is 0 Å². The van der Waals surface area contributed by atoms with Crippen molar-refractivity contribution < 1.29 is 31.5 Å². The first-order valence-corrected chi connectivity index (χ1v) is 14.9. The fraction of sp³-hybridized carbons (Fsp3) is 0.774. The predicted octanol–water partition coefficient (Wildman–Crippen LogP) is 9.89. The fourth-order valence-electron chi connectivity index (χ4n) is 7.65. The zero-order valence-electron chi connectivity index (χ0n) is 22.6. The van der Waals surface area contributed by atoms with Gasteiger partial charge in [-0.15, -0.1) is 0 Å². The Hall–Kier alpha value is -1.66. The van der Waals surface area contributed by atoms with Crippen molar-refractivity contribution >= 4 is 5.97 Å². The van der Waals surface area contributed by atoms with Crippen molar-refractivity contribution in [2.75, 3.05) is 0 Å². The molecule has 4 atom stereocenters. The van der Waals surface area contributed by atoms with Crippen LogP contribution in [0.25, 0.3) is 0 Å². The van der Waals surface area contributed by atoms with Gasteiger partial charge < -0.3 is 4.74 Å². The van der Waals surface area contributed by atoms with Crippen LogP contribution in [0.4, 0.5) is 22.0 Å². The van der Waals surface area contributed by atoms with Gasteiger partial charge in [0.05, 0.1) is 5.92 Å². The van der Waals surface area contributed by atoms with E-state index in [4.69, 9.17) is 4.74 Å². The van der Waals surface area contributed by atoms with Crippen molar-refractivity contribution in [2.45, 2.75) is 116 Å². The Labute approximate surface area is 224 Å². The topological polar surface area (TPSA) is 26.3 Å². The number of halogens is 5. The summed E-state index contributed by atoms with van der Waals surface area (Å²) in [5, 5.41) is 0. The normalized spacial score (nSPS) is 30.1. The summed E-state index contributed by atoms with van der Waals surface area (Å²) in [5.41, 5.74) is -1.97. The van der Waals surface area contributed by atoms with Crippen LogP contribution in [0.5, 0.6) is 5.75 Å². The van der Waals surface area contributed by atoms with Gasteiger partial charge in [-0.05, 0) is 87.4 Å². The second-order valence-corrected chi connectivity index (χ2v) is 12.3. The maximum Gasteiger partial charge on any atom is 0.422 e. The largest absolute Gasteiger partial charge is 0.426 e. The Balaban J connectivity index is 1.20. The summed E-state index contributed by atoms with van der Waals surface area (Å²) in [6, 6.07) is 0.879. The first-order chi connectivity index (χ1) is 18.2. The Morgan fingerprint density at radius 2 is 1.34 bits per heavy atom. The first-order valence-electron chi connectivity index (χ1n) is 14.9. The molecule has 0 aliphatic heterocycles. The number of esters is 1. The van der Waals surface area contributed by atoms with Gasteiger partial charge >= 0.3 is 12.1 Å². The van der Waals surface area contributed by atoms with Gasteiger partial charge in [0.2, 0.25) is 0 Å². The van der Waals surface area contributed by atoms with Gasteiger partial charge in [-0.25, -0.2) is 8.78 Å². The highest BCUT2D eigenvalue weighted by Crippen LogP contribution is 2.50. The van der Waals surface area contributed by atoms with Gasteiger partial charge in [-0.2, -0.15) is 13.2 Å². The Bertz CT molecular complexity index is 898. The van der Waals surface area contributed by atoms with Crippen LogP contribution in [0.3, 0.4) is 0 Å². The first kappa shape index (κ1) is 29.3.